The van der Waals surface area contributed by atoms with E-state index in [2.05, 4.69) is 17.4 Å². The van der Waals surface area contributed by atoms with Gasteiger partial charge in [0.15, 0.2) is 6.61 Å². The van der Waals surface area contributed by atoms with Crippen molar-refractivity contribution in [2.24, 2.45) is 7.05 Å². The van der Waals surface area contributed by atoms with Crippen LogP contribution in [-0.4, -0.2) is 35.3 Å². The number of aryl methyl sites for hydroxylation is 1. The Morgan fingerprint density at radius 3 is 2.63 bits per heavy atom. The predicted molar refractivity (Wildman–Crippen MR) is 108 cm³/mol. The Balaban J connectivity index is 1.39. The number of hydrogen-bond donors (Lipinski definition) is 1. The molecule has 0 aliphatic heterocycles. The topological polar surface area (TPSA) is 60.3 Å². The maximum Gasteiger partial charge on any atom is 0.340 e. The molecule has 0 unspecified atom stereocenters. The number of hydrogen-bond acceptors (Lipinski definition) is 4. The lowest BCUT2D eigenvalue weighted by molar-refractivity contribution is -0.124. The van der Waals surface area contributed by atoms with Gasteiger partial charge in [0.2, 0.25) is 0 Å². The molecule has 0 saturated carbocycles. The zero-order valence-electron chi connectivity index (χ0n) is 15.2. The highest BCUT2D eigenvalue weighted by atomic mass is 32.2. The van der Waals surface area contributed by atoms with Crippen LogP contribution in [0.2, 0.25) is 0 Å². The summed E-state index contributed by atoms with van der Waals surface area (Å²) in [6.07, 6.45) is 2.58. The summed E-state index contributed by atoms with van der Waals surface area (Å²) in [5.41, 5.74) is 1.42. The lowest BCUT2D eigenvalue weighted by Gasteiger charge is -2.06. The van der Waals surface area contributed by atoms with Gasteiger partial charge in [0.25, 0.3) is 5.91 Å². The first-order valence-corrected chi connectivity index (χ1v) is 9.79. The number of amides is 1. The molecule has 6 heteroatoms. The van der Waals surface area contributed by atoms with Gasteiger partial charge in [-0.3, -0.25) is 4.79 Å². The first kappa shape index (κ1) is 19.0. The number of carbonyl (C=O) groups excluding carboxylic acids is 2. The molecule has 1 heterocycles. The lowest BCUT2D eigenvalue weighted by atomic mass is 10.2. The van der Waals surface area contributed by atoms with Gasteiger partial charge in [0.05, 0.1) is 5.56 Å². The molecule has 0 fully saturated rings. The molecule has 0 aliphatic carbocycles. The van der Waals surface area contributed by atoms with E-state index in [-0.39, 0.29) is 12.5 Å². The van der Waals surface area contributed by atoms with Crippen LogP contribution >= 0.6 is 11.8 Å². The van der Waals surface area contributed by atoms with Crippen molar-refractivity contribution < 1.29 is 14.3 Å². The Labute approximate surface area is 162 Å². The van der Waals surface area contributed by atoms with Crippen LogP contribution in [0.5, 0.6) is 0 Å². The molecule has 1 amide bonds. The molecule has 0 saturated heterocycles. The fourth-order valence-corrected chi connectivity index (χ4v) is 3.64. The van der Waals surface area contributed by atoms with E-state index >= 15 is 0 Å². The van der Waals surface area contributed by atoms with Crippen LogP contribution in [0.4, 0.5) is 0 Å². The second-order valence-electron chi connectivity index (χ2n) is 6.11. The third kappa shape index (κ3) is 5.14. The third-order valence-corrected chi connectivity index (χ3v) is 5.20. The largest absolute Gasteiger partial charge is 0.452 e. The van der Waals surface area contributed by atoms with E-state index in [0.717, 1.165) is 23.1 Å². The van der Waals surface area contributed by atoms with Crippen LogP contribution in [0.1, 0.15) is 16.8 Å². The fourth-order valence-electron chi connectivity index (χ4n) is 2.77. The number of esters is 1. The number of fused-ring (bicyclic) bond motifs is 1. The van der Waals surface area contributed by atoms with E-state index in [9.17, 15) is 9.59 Å². The molecule has 3 aromatic rings. The Morgan fingerprint density at radius 2 is 1.81 bits per heavy atom. The van der Waals surface area contributed by atoms with E-state index in [1.165, 1.54) is 4.90 Å². The summed E-state index contributed by atoms with van der Waals surface area (Å²) in [7, 11) is 1.87. The average Bonchev–Trinajstić information content (AvgIpc) is 3.04. The second kappa shape index (κ2) is 9.28. The lowest BCUT2D eigenvalue weighted by Crippen LogP contribution is -2.29. The van der Waals surface area contributed by atoms with Gasteiger partial charge in [-0.25, -0.2) is 4.79 Å². The highest BCUT2D eigenvalue weighted by Crippen LogP contribution is 2.21. The number of carbonyl (C=O) groups is 2. The van der Waals surface area contributed by atoms with E-state index in [1.807, 2.05) is 54.1 Å². The summed E-state index contributed by atoms with van der Waals surface area (Å²) >= 11 is 1.75. The average molecular weight is 382 g/mol. The SMILES string of the molecule is Cn1cc(C(=O)OCC(=O)NCCCSc2ccccc2)c2ccccc21. The smallest absolute Gasteiger partial charge is 0.340 e. The van der Waals surface area contributed by atoms with E-state index in [1.54, 1.807) is 18.0 Å². The van der Waals surface area contributed by atoms with Gasteiger partial charge in [-0.2, -0.15) is 0 Å². The number of nitrogens with one attached hydrogen (secondary N) is 1. The first-order valence-electron chi connectivity index (χ1n) is 8.81. The minimum Gasteiger partial charge on any atom is -0.452 e. The van der Waals surface area contributed by atoms with Crippen molar-refractivity contribution >= 4 is 34.5 Å². The van der Waals surface area contributed by atoms with Gasteiger partial charge >= 0.3 is 5.97 Å². The van der Waals surface area contributed by atoms with Gasteiger partial charge in [-0.05, 0) is 30.4 Å². The number of thioether (sulfide) groups is 1. The molecule has 1 aromatic heterocycles. The maximum atomic E-state index is 12.3. The van der Waals surface area contributed by atoms with Crippen LogP contribution in [0.15, 0.2) is 65.7 Å². The second-order valence-corrected chi connectivity index (χ2v) is 7.28. The first-order chi connectivity index (χ1) is 13.1. The zero-order chi connectivity index (χ0) is 19.1. The summed E-state index contributed by atoms with van der Waals surface area (Å²) in [6.45, 7) is 0.290. The molecule has 0 aliphatic rings. The molecule has 0 radical (unpaired) electrons. The Bertz CT molecular complexity index is 922. The van der Waals surface area contributed by atoms with E-state index in [4.69, 9.17) is 4.74 Å². The van der Waals surface area contributed by atoms with Crippen LogP contribution in [-0.2, 0) is 16.6 Å². The summed E-state index contributed by atoms with van der Waals surface area (Å²) in [5, 5.41) is 3.61. The zero-order valence-corrected chi connectivity index (χ0v) is 16.0. The van der Waals surface area contributed by atoms with Crippen molar-refractivity contribution in [1.82, 2.24) is 9.88 Å². The number of ether oxygens (including phenoxy) is 1. The monoisotopic (exact) mass is 382 g/mol. The molecule has 0 atom stereocenters. The number of nitrogens with zero attached hydrogens (tertiary/aromatic N) is 1. The molecule has 1 N–H and O–H groups in total. The van der Waals surface area contributed by atoms with E-state index in [0.29, 0.717) is 12.1 Å². The summed E-state index contributed by atoms with van der Waals surface area (Å²) in [5.74, 6) is 0.148. The molecule has 5 nitrogen and oxygen atoms in total. The molecule has 2 aromatic carbocycles. The third-order valence-electron chi connectivity index (χ3n) is 4.11. The maximum absolute atomic E-state index is 12.3. The minimum atomic E-state index is -0.485. The molecular weight excluding hydrogens is 360 g/mol. The fraction of sp³-hybridized carbons (Fsp3) is 0.238. The number of para-hydroxylation sites is 1. The Hall–Kier alpha value is -2.73. The molecule has 0 spiro atoms. The summed E-state index contributed by atoms with van der Waals surface area (Å²) in [6, 6.07) is 17.7. The van der Waals surface area contributed by atoms with Crippen molar-refractivity contribution in [3.05, 3.63) is 66.4 Å². The van der Waals surface area contributed by atoms with Gasteiger partial charge in [-0.15, -0.1) is 11.8 Å². The van der Waals surface area contributed by atoms with Crippen LogP contribution in [0, 0.1) is 0 Å². The standard InChI is InChI=1S/C21H22N2O3S/c1-23-14-18(17-10-5-6-11-19(17)23)21(25)26-15-20(24)22-12-7-13-27-16-8-3-2-4-9-16/h2-6,8-11,14H,7,12-13,15H2,1H3,(H,22,24). The van der Waals surface area contributed by atoms with Gasteiger partial charge < -0.3 is 14.6 Å². The predicted octanol–water partition coefficient (Wildman–Crippen LogP) is 3.63. The molecule has 27 heavy (non-hydrogen) atoms. The molecular formula is C21H22N2O3S. The molecule has 140 valence electrons. The van der Waals surface area contributed by atoms with Crippen molar-refractivity contribution in [3.8, 4) is 0 Å². The number of benzene rings is 2. The van der Waals surface area contributed by atoms with Gasteiger partial charge in [0.1, 0.15) is 0 Å². The highest BCUT2D eigenvalue weighted by Gasteiger charge is 2.16. The normalized spacial score (nSPS) is 10.7. The van der Waals surface area contributed by atoms with Crippen molar-refractivity contribution in [3.63, 3.8) is 0 Å². The van der Waals surface area contributed by atoms with Crippen molar-refractivity contribution in [2.75, 3.05) is 18.9 Å². The Morgan fingerprint density at radius 1 is 1.07 bits per heavy atom. The summed E-state index contributed by atoms with van der Waals surface area (Å²) < 4.78 is 7.04. The van der Waals surface area contributed by atoms with Crippen LogP contribution in [0.3, 0.4) is 0 Å². The van der Waals surface area contributed by atoms with E-state index < -0.39 is 5.97 Å². The quantitative estimate of drug-likeness (QED) is 0.367. The Kier molecular flexibility index (Phi) is 6.54. The number of rotatable bonds is 8. The van der Waals surface area contributed by atoms with Crippen LogP contribution in [0.25, 0.3) is 10.9 Å². The molecule has 0 bridgehead atoms. The van der Waals surface area contributed by atoms with Gasteiger partial charge in [0, 0.05) is 35.6 Å². The minimum absolute atomic E-state index is 0.270. The van der Waals surface area contributed by atoms with Gasteiger partial charge in [-0.1, -0.05) is 36.4 Å². The molecule has 3 rings (SSSR count). The van der Waals surface area contributed by atoms with Crippen molar-refractivity contribution in [1.29, 1.82) is 0 Å². The van der Waals surface area contributed by atoms with Crippen LogP contribution < -0.4 is 5.32 Å². The number of aromatic nitrogens is 1. The highest BCUT2D eigenvalue weighted by molar-refractivity contribution is 7.99. The van der Waals surface area contributed by atoms with Crippen molar-refractivity contribution in [2.45, 2.75) is 11.3 Å². The summed E-state index contributed by atoms with van der Waals surface area (Å²) in [4.78, 5) is 25.4.